The summed E-state index contributed by atoms with van der Waals surface area (Å²) in [6.45, 7) is 2.10. The molecule has 0 aromatic heterocycles. The summed E-state index contributed by atoms with van der Waals surface area (Å²) >= 11 is 0. The molecule has 0 spiro atoms. The van der Waals surface area contributed by atoms with Crippen LogP contribution in [-0.2, 0) is 0 Å². The number of hydrogen-bond donors (Lipinski definition) is 0. The predicted octanol–water partition coefficient (Wildman–Crippen LogP) is 5.28. The minimum absolute atomic E-state index is 0.682. The lowest BCUT2D eigenvalue weighted by molar-refractivity contribution is 0.112. The van der Waals surface area contributed by atoms with Crippen molar-refractivity contribution in [3.8, 4) is 0 Å². The van der Waals surface area contributed by atoms with E-state index >= 15 is 0 Å². The number of hydrogen-bond acceptors (Lipinski definition) is 2. The first-order chi connectivity index (χ1) is 10.8. The number of aldehydes is 1. The van der Waals surface area contributed by atoms with Gasteiger partial charge in [-0.25, -0.2) is 0 Å². The standard InChI is InChI=1S/C20H17NO/c1-16-7-5-6-10-20(16)21(18-8-3-2-4-9-18)19-13-11-17(15-22)12-14-19/h2-15H,1H3. The molecule has 0 amide bonds. The first-order valence-electron chi connectivity index (χ1n) is 7.25. The summed E-state index contributed by atoms with van der Waals surface area (Å²) in [6, 6.07) is 26.2. The summed E-state index contributed by atoms with van der Waals surface area (Å²) in [4.78, 5) is 13.1. The Morgan fingerprint density at radius 3 is 1.95 bits per heavy atom. The molecule has 0 aliphatic heterocycles. The largest absolute Gasteiger partial charge is 0.310 e. The summed E-state index contributed by atoms with van der Waals surface area (Å²) in [6.07, 6.45) is 0.865. The Morgan fingerprint density at radius 2 is 1.32 bits per heavy atom. The highest BCUT2D eigenvalue weighted by Gasteiger charge is 2.13. The molecular formula is C20H17NO. The van der Waals surface area contributed by atoms with Crippen LogP contribution in [0.15, 0.2) is 78.9 Å². The van der Waals surface area contributed by atoms with E-state index in [1.807, 2.05) is 54.6 Å². The molecule has 108 valence electrons. The normalized spacial score (nSPS) is 10.2. The summed E-state index contributed by atoms with van der Waals surface area (Å²) in [5.74, 6) is 0. The number of nitrogens with zero attached hydrogens (tertiary/aromatic N) is 1. The van der Waals surface area contributed by atoms with Gasteiger partial charge in [0.05, 0.1) is 0 Å². The molecule has 22 heavy (non-hydrogen) atoms. The molecule has 0 unspecified atom stereocenters. The Balaban J connectivity index is 2.14. The molecule has 0 fully saturated rings. The molecule has 2 heteroatoms. The van der Waals surface area contributed by atoms with E-state index in [1.165, 1.54) is 5.56 Å². The minimum atomic E-state index is 0.682. The zero-order valence-electron chi connectivity index (χ0n) is 12.4. The van der Waals surface area contributed by atoms with Crippen LogP contribution in [0.25, 0.3) is 0 Å². The van der Waals surface area contributed by atoms with Gasteiger partial charge in [0.25, 0.3) is 0 Å². The maximum absolute atomic E-state index is 10.9. The zero-order valence-corrected chi connectivity index (χ0v) is 12.4. The van der Waals surface area contributed by atoms with Crippen LogP contribution in [0.4, 0.5) is 17.1 Å². The summed E-state index contributed by atoms with van der Waals surface area (Å²) in [5.41, 5.74) is 5.14. The van der Waals surface area contributed by atoms with E-state index in [0.717, 1.165) is 23.3 Å². The van der Waals surface area contributed by atoms with Crippen molar-refractivity contribution in [2.24, 2.45) is 0 Å². The van der Waals surface area contributed by atoms with Gasteiger partial charge in [0, 0.05) is 22.6 Å². The van der Waals surface area contributed by atoms with Gasteiger partial charge in [0.2, 0.25) is 0 Å². The van der Waals surface area contributed by atoms with Crippen LogP contribution in [-0.4, -0.2) is 6.29 Å². The van der Waals surface area contributed by atoms with Crippen LogP contribution < -0.4 is 4.90 Å². The SMILES string of the molecule is Cc1ccccc1N(c1ccccc1)c1ccc(C=O)cc1. The third-order valence-electron chi connectivity index (χ3n) is 3.66. The Bertz CT molecular complexity index is 763. The second-order valence-electron chi connectivity index (χ2n) is 5.17. The molecular weight excluding hydrogens is 270 g/mol. The number of aryl methyl sites for hydroxylation is 1. The van der Waals surface area contributed by atoms with Gasteiger partial charge in [-0.1, -0.05) is 36.4 Å². The number of benzene rings is 3. The summed E-state index contributed by atoms with van der Waals surface area (Å²) in [7, 11) is 0. The van der Waals surface area contributed by atoms with Crippen LogP contribution in [0.5, 0.6) is 0 Å². The molecule has 0 saturated carbocycles. The highest BCUT2D eigenvalue weighted by Crippen LogP contribution is 2.35. The van der Waals surface area contributed by atoms with Crippen molar-refractivity contribution in [2.75, 3.05) is 4.90 Å². The average molecular weight is 287 g/mol. The van der Waals surface area contributed by atoms with E-state index in [9.17, 15) is 4.79 Å². The van der Waals surface area contributed by atoms with E-state index in [2.05, 4.69) is 36.1 Å². The number of carbonyl (C=O) groups excluding carboxylic acids is 1. The van der Waals surface area contributed by atoms with Crippen molar-refractivity contribution in [3.05, 3.63) is 90.0 Å². The van der Waals surface area contributed by atoms with Gasteiger partial charge in [-0.15, -0.1) is 0 Å². The Morgan fingerprint density at radius 1 is 0.727 bits per heavy atom. The molecule has 3 aromatic rings. The van der Waals surface area contributed by atoms with Crippen LogP contribution in [0, 0.1) is 6.92 Å². The van der Waals surface area contributed by atoms with E-state index < -0.39 is 0 Å². The second kappa shape index (κ2) is 6.27. The van der Waals surface area contributed by atoms with Crippen molar-refractivity contribution in [3.63, 3.8) is 0 Å². The Labute approximate surface area is 130 Å². The van der Waals surface area contributed by atoms with E-state index in [-0.39, 0.29) is 0 Å². The molecule has 0 atom stereocenters. The Hall–Kier alpha value is -2.87. The van der Waals surface area contributed by atoms with Crippen molar-refractivity contribution in [2.45, 2.75) is 6.92 Å². The maximum Gasteiger partial charge on any atom is 0.150 e. The fourth-order valence-electron chi connectivity index (χ4n) is 2.52. The zero-order chi connectivity index (χ0) is 15.4. The second-order valence-corrected chi connectivity index (χ2v) is 5.17. The van der Waals surface area contributed by atoms with Crippen LogP contribution >= 0.6 is 0 Å². The molecule has 3 aromatic carbocycles. The molecule has 0 radical (unpaired) electrons. The quantitative estimate of drug-likeness (QED) is 0.609. The van der Waals surface area contributed by atoms with Gasteiger partial charge in [-0.2, -0.15) is 0 Å². The van der Waals surface area contributed by atoms with Crippen molar-refractivity contribution in [1.29, 1.82) is 0 Å². The first-order valence-corrected chi connectivity index (χ1v) is 7.25. The predicted molar refractivity (Wildman–Crippen MR) is 91.2 cm³/mol. The Kier molecular flexibility index (Phi) is 4.01. The van der Waals surface area contributed by atoms with Gasteiger partial charge in [0.1, 0.15) is 6.29 Å². The van der Waals surface area contributed by atoms with Gasteiger partial charge in [-0.3, -0.25) is 4.79 Å². The van der Waals surface area contributed by atoms with E-state index in [4.69, 9.17) is 0 Å². The average Bonchev–Trinajstić information content (AvgIpc) is 2.58. The van der Waals surface area contributed by atoms with Gasteiger partial charge in [0.15, 0.2) is 0 Å². The van der Waals surface area contributed by atoms with Crippen molar-refractivity contribution >= 4 is 23.3 Å². The molecule has 2 nitrogen and oxygen atoms in total. The highest BCUT2D eigenvalue weighted by atomic mass is 16.1. The van der Waals surface area contributed by atoms with Gasteiger partial charge < -0.3 is 4.90 Å². The fraction of sp³-hybridized carbons (Fsp3) is 0.0500. The van der Waals surface area contributed by atoms with E-state index in [0.29, 0.717) is 5.56 Å². The molecule has 0 heterocycles. The molecule has 0 bridgehead atoms. The molecule has 0 aliphatic rings. The molecule has 0 aliphatic carbocycles. The molecule has 0 N–H and O–H groups in total. The van der Waals surface area contributed by atoms with Crippen molar-refractivity contribution < 1.29 is 4.79 Å². The lowest BCUT2D eigenvalue weighted by atomic mass is 10.1. The fourth-order valence-corrected chi connectivity index (χ4v) is 2.52. The van der Waals surface area contributed by atoms with Crippen LogP contribution in [0.2, 0.25) is 0 Å². The summed E-state index contributed by atoms with van der Waals surface area (Å²) < 4.78 is 0. The number of carbonyl (C=O) groups is 1. The lowest BCUT2D eigenvalue weighted by Gasteiger charge is -2.27. The van der Waals surface area contributed by atoms with Crippen LogP contribution in [0.1, 0.15) is 15.9 Å². The van der Waals surface area contributed by atoms with E-state index in [1.54, 1.807) is 0 Å². The minimum Gasteiger partial charge on any atom is -0.310 e. The third kappa shape index (κ3) is 2.77. The van der Waals surface area contributed by atoms with Crippen molar-refractivity contribution in [1.82, 2.24) is 0 Å². The van der Waals surface area contributed by atoms with Crippen LogP contribution in [0.3, 0.4) is 0 Å². The number of para-hydroxylation sites is 2. The van der Waals surface area contributed by atoms with Gasteiger partial charge in [-0.05, 0) is 55.0 Å². The van der Waals surface area contributed by atoms with Gasteiger partial charge >= 0.3 is 0 Å². The topological polar surface area (TPSA) is 20.3 Å². The monoisotopic (exact) mass is 287 g/mol. The number of anilines is 3. The number of rotatable bonds is 4. The maximum atomic E-state index is 10.9. The smallest absolute Gasteiger partial charge is 0.150 e. The first kappa shape index (κ1) is 14.1. The highest BCUT2D eigenvalue weighted by molar-refractivity contribution is 5.81. The molecule has 0 saturated heterocycles. The lowest BCUT2D eigenvalue weighted by Crippen LogP contribution is -2.11. The molecule has 3 rings (SSSR count). The third-order valence-corrected chi connectivity index (χ3v) is 3.66. The summed E-state index contributed by atoms with van der Waals surface area (Å²) in [5, 5.41) is 0.